The van der Waals surface area contributed by atoms with Crippen LogP contribution in [0.4, 0.5) is 0 Å². The molecular weight excluding hydrogens is 449 g/mol. The second-order valence-electron chi connectivity index (χ2n) is 11.5. The van der Waals surface area contributed by atoms with Crippen LogP contribution in [0.1, 0.15) is 110 Å². The minimum atomic E-state index is -2.92. The van der Waals surface area contributed by atoms with E-state index in [4.69, 9.17) is 12.7 Å². The Bertz CT molecular complexity index is 457. The summed E-state index contributed by atoms with van der Waals surface area (Å²) in [5.41, 5.74) is 0. The van der Waals surface area contributed by atoms with Crippen molar-refractivity contribution in [3.8, 4) is 0 Å². The molecule has 0 spiro atoms. The fourth-order valence-corrected chi connectivity index (χ4v) is 14.4. The van der Waals surface area contributed by atoms with E-state index in [2.05, 4.69) is 46.2 Å². The molecule has 192 valence electrons. The second kappa shape index (κ2) is 17.5. The molecule has 0 amide bonds. The Morgan fingerprint density at radius 2 is 0.844 bits per heavy atom. The van der Waals surface area contributed by atoms with Crippen molar-refractivity contribution in [1.29, 1.82) is 0 Å². The predicted molar refractivity (Wildman–Crippen MR) is 146 cm³/mol. The van der Waals surface area contributed by atoms with Gasteiger partial charge in [-0.3, -0.25) is 4.79 Å². The Kier molecular flexibility index (Phi) is 17.5. The van der Waals surface area contributed by atoms with Crippen molar-refractivity contribution in [2.75, 3.05) is 0 Å². The summed E-state index contributed by atoms with van der Waals surface area (Å²) in [6.45, 7) is 16.9. The molecule has 0 aliphatic rings. The van der Waals surface area contributed by atoms with Gasteiger partial charge in [-0.1, -0.05) is 96.8 Å². The SMILES string of the molecule is CCCCCCCCCCCCCCCCCC(=O)O[Si](C)(O[Si](C)(C)C)O[Si](C)(C)C. The molecule has 0 aromatic carbocycles. The Morgan fingerprint density at radius 3 is 1.16 bits per heavy atom. The van der Waals surface area contributed by atoms with Crippen LogP contribution < -0.4 is 0 Å². The number of rotatable bonds is 21. The molecule has 0 heterocycles. The molecule has 0 aromatic heterocycles. The summed E-state index contributed by atoms with van der Waals surface area (Å²) in [5.74, 6) is -0.148. The lowest BCUT2D eigenvalue weighted by molar-refractivity contribution is -0.137. The maximum Gasteiger partial charge on any atom is 0.543 e. The van der Waals surface area contributed by atoms with E-state index in [0.717, 1.165) is 12.8 Å². The summed E-state index contributed by atoms with van der Waals surface area (Å²) in [5, 5.41) is 0. The van der Waals surface area contributed by atoms with Crippen molar-refractivity contribution >= 4 is 31.4 Å². The van der Waals surface area contributed by atoms with Gasteiger partial charge in [0.05, 0.1) is 0 Å². The van der Waals surface area contributed by atoms with E-state index in [1.807, 2.05) is 6.55 Å². The topological polar surface area (TPSA) is 44.8 Å². The average molecular weight is 505 g/mol. The largest absolute Gasteiger partial charge is 0.543 e. The van der Waals surface area contributed by atoms with Gasteiger partial charge in [0.2, 0.25) is 0 Å². The van der Waals surface area contributed by atoms with E-state index in [1.165, 1.54) is 83.5 Å². The number of hydrogen-bond donors (Lipinski definition) is 0. The second-order valence-corrected chi connectivity index (χ2v) is 23.5. The number of unbranched alkanes of at least 4 members (excludes halogenated alkanes) is 14. The fraction of sp³-hybridized carbons (Fsp3) is 0.960. The molecule has 32 heavy (non-hydrogen) atoms. The lowest BCUT2D eigenvalue weighted by Gasteiger charge is -2.36. The molecule has 4 nitrogen and oxygen atoms in total. The van der Waals surface area contributed by atoms with Crippen LogP contribution in [0, 0.1) is 0 Å². The van der Waals surface area contributed by atoms with Gasteiger partial charge in [-0.05, 0) is 45.7 Å². The first-order valence-corrected chi connectivity index (χ1v) is 22.5. The molecule has 0 atom stereocenters. The van der Waals surface area contributed by atoms with Crippen LogP contribution in [0.3, 0.4) is 0 Å². The normalized spacial score (nSPS) is 12.9. The van der Waals surface area contributed by atoms with Crippen LogP contribution in [-0.2, 0) is 17.5 Å². The quantitative estimate of drug-likeness (QED) is 0.115. The average Bonchev–Trinajstić information content (AvgIpc) is 2.61. The van der Waals surface area contributed by atoms with Crippen LogP contribution in [0.15, 0.2) is 0 Å². The fourth-order valence-electron chi connectivity index (χ4n) is 4.07. The van der Waals surface area contributed by atoms with Gasteiger partial charge in [0.15, 0.2) is 16.6 Å². The van der Waals surface area contributed by atoms with E-state index in [-0.39, 0.29) is 5.97 Å². The van der Waals surface area contributed by atoms with Crippen LogP contribution >= 0.6 is 0 Å². The first-order valence-electron chi connectivity index (χ1n) is 13.5. The molecule has 0 rings (SSSR count). The first-order chi connectivity index (χ1) is 14.9. The zero-order chi connectivity index (χ0) is 24.5. The minimum absolute atomic E-state index is 0.148. The maximum atomic E-state index is 12.4. The highest BCUT2D eigenvalue weighted by Gasteiger charge is 2.46. The third-order valence-corrected chi connectivity index (χ3v) is 13.7. The lowest BCUT2D eigenvalue weighted by atomic mass is 10.0. The molecule has 0 unspecified atom stereocenters. The van der Waals surface area contributed by atoms with Crippen molar-refractivity contribution < 1.29 is 17.5 Å². The lowest BCUT2D eigenvalue weighted by Crippen LogP contribution is -2.55. The van der Waals surface area contributed by atoms with Crippen molar-refractivity contribution in [2.24, 2.45) is 0 Å². The van der Waals surface area contributed by atoms with E-state index >= 15 is 0 Å². The molecule has 0 aliphatic carbocycles. The number of hydrogen-bond acceptors (Lipinski definition) is 4. The summed E-state index contributed by atoms with van der Waals surface area (Å²) in [7, 11) is -6.62. The highest BCUT2D eigenvalue weighted by molar-refractivity contribution is 6.85. The van der Waals surface area contributed by atoms with Gasteiger partial charge in [0, 0.05) is 13.0 Å². The van der Waals surface area contributed by atoms with Crippen molar-refractivity contribution in [3.63, 3.8) is 0 Å². The van der Waals surface area contributed by atoms with Crippen LogP contribution in [0.2, 0.25) is 45.8 Å². The van der Waals surface area contributed by atoms with Gasteiger partial charge in [-0.25, -0.2) is 0 Å². The Hall–Kier alpha value is 0.0406. The molecule has 0 saturated heterocycles. The maximum absolute atomic E-state index is 12.4. The molecule has 0 fully saturated rings. The van der Waals surface area contributed by atoms with Crippen LogP contribution in [-0.4, -0.2) is 31.4 Å². The van der Waals surface area contributed by atoms with Gasteiger partial charge in [0.1, 0.15) is 0 Å². The molecule has 0 saturated carbocycles. The molecule has 7 heteroatoms. The highest BCUT2D eigenvalue weighted by atomic mass is 28.5. The summed E-state index contributed by atoms with van der Waals surface area (Å²) < 4.78 is 18.3. The van der Waals surface area contributed by atoms with E-state index in [1.54, 1.807) is 0 Å². The van der Waals surface area contributed by atoms with Gasteiger partial charge in [-0.2, -0.15) is 0 Å². The summed E-state index contributed by atoms with van der Waals surface area (Å²) in [4.78, 5) is 12.4. The summed E-state index contributed by atoms with van der Waals surface area (Å²) in [6, 6.07) is 0. The van der Waals surface area contributed by atoms with Gasteiger partial charge in [-0.15, -0.1) is 0 Å². The van der Waals surface area contributed by atoms with Crippen molar-refractivity contribution in [3.05, 3.63) is 0 Å². The molecular formula is C25H56O4Si3. The third-order valence-electron chi connectivity index (χ3n) is 5.27. The highest BCUT2D eigenvalue weighted by Crippen LogP contribution is 2.23. The van der Waals surface area contributed by atoms with Gasteiger partial charge < -0.3 is 12.7 Å². The Morgan fingerprint density at radius 1 is 0.531 bits per heavy atom. The van der Waals surface area contributed by atoms with Gasteiger partial charge in [0.25, 0.3) is 5.97 Å². The van der Waals surface area contributed by atoms with Gasteiger partial charge >= 0.3 is 8.80 Å². The Labute approximate surface area is 204 Å². The van der Waals surface area contributed by atoms with Crippen molar-refractivity contribution in [1.82, 2.24) is 0 Å². The van der Waals surface area contributed by atoms with E-state index in [0.29, 0.717) is 6.42 Å². The summed E-state index contributed by atoms with van der Waals surface area (Å²) in [6.07, 6.45) is 20.4. The standard InChI is InChI=1S/C25H56O4Si3/c1-9-10-11-12-13-14-15-16-17-18-19-20-21-22-23-24-25(26)27-32(8,28-30(2,3)4)29-31(5,6)7/h9-24H2,1-8H3. The predicted octanol–water partition coefficient (Wildman–Crippen LogP) is 9.06. The van der Waals surface area contributed by atoms with Crippen LogP contribution in [0.25, 0.3) is 0 Å². The third kappa shape index (κ3) is 21.9. The molecule has 0 radical (unpaired) electrons. The molecule has 0 aliphatic heterocycles. The zero-order valence-corrected chi connectivity index (χ0v) is 25.9. The first kappa shape index (κ1) is 32.0. The Balaban J connectivity index is 3.81. The van der Waals surface area contributed by atoms with Crippen molar-refractivity contribution in [2.45, 2.75) is 155 Å². The minimum Gasteiger partial charge on any atom is -0.474 e. The van der Waals surface area contributed by atoms with E-state index in [9.17, 15) is 4.79 Å². The number of carbonyl (C=O) groups is 1. The monoisotopic (exact) mass is 504 g/mol. The van der Waals surface area contributed by atoms with Crippen LogP contribution in [0.5, 0.6) is 0 Å². The van der Waals surface area contributed by atoms with E-state index < -0.39 is 25.4 Å². The summed E-state index contributed by atoms with van der Waals surface area (Å²) >= 11 is 0. The number of carbonyl (C=O) groups excluding carboxylic acids is 1. The zero-order valence-electron chi connectivity index (χ0n) is 22.9. The molecule has 0 N–H and O–H groups in total. The smallest absolute Gasteiger partial charge is 0.474 e. The molecule has 0 aromatic rings. The molecule has 0 bridgehead atoms.